The van der Waals surface area contributed by atoms with Gasteiger partial charge in [-0.2, -0.15) is 0 Å². The van der Waals surface area contributed by atoms with Crippen molar-refractivity contribution >= 4 is 17.7 Å². The molecule has 0 bridgehead atoms. The van der Waals surface area contributed by atoms with Crippen molar-refractivity contribution in [3.63, 3.8) is 0 Å². The lowest BCUT2D eigenvalue weighted by Crippen LogP contribution is -2.47. The molecule has 0 unspecified atom stereocenters. The first-order valence-electron chi connectivity index (χ1n) is 9.48. The number of hydrogen-bond acceptors (Lipinski definition) is 7. The Balaban J connectivity index is 1.48. The van der Waals surface area contributed by atoms with Gasteiger partial charge in [0.2, 0.25) is 6.79 Å². The predicted molar refractivity (Wildman–Crippen MR) is 103 cm³/mol. The Morgan fingerprint density at radius 1 is 1.14 bits per heavy atom. The van der Waals surface area contributed by atoms with Crippen molar-refractivity contribution in [1.82, 2.24) is 20.4 Å². The summed E-state index contributed by atoms with van der Waals surface area (Å²) < 4.78 is 16.1. The summed E-state index contributed by atoms with van der Waals surface area (Å²) in [5.41, 5.74) is 0.440. The van der Waals surface area contributed by atoms with Gasteiger partial charge in [-0.05, 0) is 45.3 Å². The summed E-state index contributed by atoms with van der Waals surface area (Å²) in [6.45, 7) is 2.14. The normalized spacial score (nSPS) is 17.5. The highest BCUT2D eigenvalue weighted by molar-refractivity contribution is 6.35. The molecule has 0 radical (unpaired) electrons. The molecule has 0 aromatic heterocycles. The van der Waals surface area contributed by atoms with Gasteiger partial charge >= 0.3 is 11.8 Å². The molecule has 2 aliphatic heterocycles. The third kappa shape index (κ3) is 5.36. The number of rotatable bonds is 7. The van der Waals surface area contributed by atoms with Crippen LogP contribution in [0.4, 0.5) is 0 Å². The molecule has 2 aliphatic rings. The van der Waals surface area contributed by atoms with E-state index in [1.54, 1.807) is 18.2 Å². The zero-order valence-corrected chi connectivity index (χ0v) is 16.6. The SMILES string of the molecule is CN(C)CCCNC(=O)C(=O)NC[C@@H]1OCCN1C(=O)c1ccc2c(c1)OCO2. The van der Waals surface area contributed by atoms with Gasteiger partial charge in [0.1, 0.15) is 6.23 Å². The molecular formula is C19H26N4O6. The van der Waals surface area contributed by atoms with Gasteiger partial charge in [0.05, 0.1) is 13.2 Å². The molecule has 1 aromatic rings. The standard InChI is InChI=1S/C19H26N4O6/c1-22(2)7-3-6-20-17(24)18(25)21-11-16-23(8-9-27-16)19(26)13-4-5-14-15(10-13)29-12-28-14/h4-5,10,16H,3,6-9,11-12H2,1-2H3,(H,20,24)(H,21,25)/t16-/m0/s1. The molecule has 2 heterocycles. The Bertz CT molecular complexity index is 769. The first kappa shape index (κ1) is 20.9. The highest BCUT2D eigenvalue weighted by atomic mass is 16.7. The van der Waals surface area contributed by atoms with Gasteiger partial charge in [0.25, 0.3) is 5.91 Å². The maximum atomic E-state index is 12.8. The molecule has 29 heavy (non-hydrogen) atoms. The Morgan fingerprint density at radius 2 is 1.90 bits per heavy atom. The molecular weight excluding hydrogens is 380 g/mol. The molecule has 158 valence electrons. The molecule has 1 fully saturated rings. The van der Waals surface area contributed by atoms with Gasteiger partial charge in [-0.1, -0.05) is 0 Å². The van der Waals surface area contributed by atoms with Gasteiger partial charge in [-0.15, -0.1) is 0 Å². The van der Waals surface area contributed by atoms with Crippen LogP contribution in [0.3, 0.4) is 0 Å². The van der Waals surface area contributed by atoms with Gasteiger partial charge in [-0.3, -0.25) is 14.4 Å². The Labute approximate surface area is 169 Å². The predicted octanol–water partition coefficient (Wildman–Crippen LogP) is -0.602. The Hall–Kier alpha value is -2.85. The van der Waals surface area contributed by atoms with Crippen molar-refractivity contribution in [2.75, 3.05) is 53.7 Å². The van der Waals surface area contributed by atoms with Crippen LogP contribution in [-0.4, -0.2) is 87.4 Å². The maximum absolute atomic E-state index is 12.8. The number of amides is 3. The molecule has 1 atom stereocenters. The van der Waals surface area contributed by atoms with E-state index < -0.39 is 18.0 Å². The van der Waals surface area contributed by atoms with Crippen LogP contribution in [0.5, 0.6) is 11.5 Å². The van der Waals surface area contributed by atoms with E-state index in [4.69, 9.17) is 14.2 Å². The van der Waals surface area contributed by atoms with E-state index in [0.717, 1.165) is 13.0 Å². The second kappa shape index (κ2) is 9.57. The summed E-state index contributed by atoms with van der Waals surface area (Å²) in [5.74, 6) is -0.573. The minimum absolute atomic E-state index is 0.0280. The number of carbonyl (C=O) groups is 3. The number of carbonyl (C=O) groups excluding carboxylic acids is 3. The molecule has 10 nitrogen and oxygen atoms in total. The summed E-state index contributed by atoms with van der Waals surface area (Å²) in [7, 11) is 3.87. The van der Waals surface area contributed by atoms with E-state index in [1.165, 1.54) is 4.90 Å². The number of fused-ring (bicyclic) bond motifs is 1. The molecule has 3 rings (SSSR count). The molecule has 3 amide bonds. The van der Waals surface area contributed by atoms with Crippen molar-refractivity contribution in [3.05, 3.63) is 23.8 Å². The lowest BCUT2D eigenvalue weighted by molar-refractivity contribution is -0.139. The van der Waals surface area contributed by atoms with Crippen LogP contribution >= 0.6 is 0 Å². The average Bonchev–Trinajstić information content (AvgIpc) is 3.36. The number of hydrogen-bond donors (Lipinski definition) is 2. The molecule has 0 aliphatic carbocycles. The van der Waals surface area contributed by atoms with Crippen molar-refractivity contribution in [1.29, 1.82) is 0 Å². The van der Waals surface area contributed by atoms with Crippen molar-refractivity contribution in [2.24, 2.45) is 0 Å². The van der Waals surface area contributed by atoms with Crippen molar-refractivity contribution in [3.8, 4) is 11.5 Å². The van der Waals surface area contributed by atoms with Gasteiger partial charge in [0, 0.05) is 18.7 Å². The first-order valence-corrected chi connectivity index (χ1v) is 9.48. The zero-order chi connectivity index (χ0) is 20.8. The molecule has 1 aromatic carbocycles. The molecule has 0 saturated carbocycles. The summed E-state index contributed by atoms with van der Waals surface area (Å²) in [6, 6.07) is 4.97. The highest BCUT2D eigenvalue weighted by Gasteiger charge is 2.32. The van der Waals surface area contributed by atoms with E-state index in [9.17, 15) is 14.4 Å². The third-order valence-electron chi connectivity index (χ3n) is 4.58. The van der Waals surface area contributed by atoms with E-state index in [2.05, 4.69) is 10.6 Å². The second-order valence-corrected chi connectivity index (χ2v) is 7.01. The monoisotopic (exact) mass is 406 g/mol. The van der Waals surface area contributed by atoms with Crippen LogP contribution < -0.4 is 20.1 Å². The second-order valence-electron chi connectivity index (χ2n) is 7.01. The van der Waals surface area contributed by atoms with Gasteiger partial charge in [-0.25, -0.2) is 0 Å². The zero-order valence-electron chi connectivity index (χ0n) is 16.6. The molecule has 10 heteroatoms. The number of nitrogens with zero attached hydrogens (tertiary/aromatic N) is 2. The molecule has 0 spiro atoms. The fourth-order valence-corrected chi connectivity index (χ4v) is 3.06. The molecule has 1 saturated heterocycles. The maximum Gasteiger partial charge on any atom is 0.309 e. The smallest absolute Gasteiger partial charge is 0.309 e. The number of ether oxygens (including phenoxy) is 3. The van der Waals surface area contributed by atoms with Gasteiger partial charge in [0.15, 0.2) is 11.5 Å². The van der Waals surface area contributed by atoms with Crippen LogP contribution in [0.15, 0.2) is 18.2 Å². The topological polar surface area (TPSA) is 109 Å². The molecule has 2 N–H and O–H groups in total. The average molecular weight is 406 g/mol. The van der Waals surface area contributed by atoms with Crippen molar-refractivity contribution in [2.45, 2.75) is 12.6 Å². The van der Waals surface area contributed by atoms with E-state index in [-0.39, 0.29) is 19.2 Å². The summed E-state index contributed by atoms with van der Waals surface area (Å²) >= 11 is 0. The lowest BCUT2D eigenvalue weighted by atomic mass is 10.1. The lowest BCUT2D eigenvalue weighted by Gasteiger charge is -2.23. The van der Waals surface area contributed by atoms with Crippen LogP contribution in [0.25, 0.3) is 0 Å². The fourth-order valence-electron chi connectivity index (χ4n) is 3.06. The van der Waals surface area contributed by atoms with E-state index >= 15 is 0 Å². The highest BCUT2D eigenvalue weighted by Crippen LogP contribution is 2.33. The minimum atomic E-state index is -0.749. The van der Waals surface area contributed by atoms with Gasteiger partial charge < -0.3 is 34.6 Å². The van der Waals surface area contributed by atoms with Crippen LogP contribution in [0, 0.1) is 0 Å². The van der Waals surface area contributed by atoms with E-state index in [0.29, 0.717) is 36.8 Å². The van der Waals surface area contributed by atoms with Crippen molar-refractivity contribution < 1.29 is 28.6 Å². The first-order chi connectivity index (χ1) is 14.0. The fraction of sp³-hybridized carbons (Fsp3) is 0.526. The Kier molecular flexibility index (Phi) is 6.89. The van der Waals surface area contributed by atoms with Crippen LogP contribution in [0.2, 0.25) is 0 Å². The summed E-state index contributed by atoms with van der Waals surface area (Å²) in [5, 5.41) is 5.10. The number of nitrogens with one attached hydrogen (secondary N) is 2. The summed E-state index contributed by atoms with van der Waals surface area (Å²) in [6.07, 6.45) is 0.105. The quantitative estimate of drug-likeness (QED) is 0.460. The van der Waals surface area contributed by atoms with Crippen LogP contribution in [-0.2, 0) is 14.3 Å². The Morgan fingerprint density at radius 3 is 2.69 bits per heavy atom. The van der Waals surface area contributed by atoms with Crippen LogP contribution in [0.1, 0.15) is 16.8 Å². The van der Waals surface area contributed by atoms with E-state index in [1.807, 2.05) is 19.0 Å². The summed E-state index contributed by atoms with van der Waals surface area (Å²) in [4.78, 5) is 40.2. The number of benzene rings is 1. The minimum Gasteiger partial charge on any atom is -0.454 e. The third-order valence-corrected chi connectivity index (χ3v) is 4.58. The largest absolute Gasteiger partial charge is 0.454 e.